The molecule has 3 aromatic heterocycles. The van der Waals surface area contributed by atoms with Gasteiger partial charge in [0.2, 0.25) is 5.89 Å². The van der Waals surface area contributed by atoms with Crippen molar-refractivity contribution in [2.75, 3.05) is 0 Å². The zero-order valence-electron chi connectivity index (χ0n) is 11.0. The van der Waals surface area contributed by atoms with Crippen molar-refractivity contribution in [2.24, 2.45) is 0 Å². The highest BCUT2D eigenvalue weighted by Gasteiger charge is 2.11. The molecule has 0 amide bonds. The molecule has 3 rings (SSSR count). The second kappa shape index (κ2) is 4.85. The van der Waals surface area contributed by atoms with Crippen LogP contribution in [-0.4, -0.2) is 20.6 Å². The molecular formula is C14H16N4O. The van der Waals surface area contributed by atoms with Gasteiger partial charge in [-0.3, -0.25) is 0 Å². The third-order valence-corrected chi connectivity index (χ3v) is 2.91. The van der Waals surface area contributed by atoms with Gasteiger partial charge in [-0.1, -0.05) is 19.9 Å². The van der Waals surface area contributed by atoms with Gasteiger partial charge in [0.25, 0.3) is 0 Å². The number of nitrogens with zero attached hydrogens (tertiary/aromatic N) is 3. The van der Waals surface area contributed by atoms with E-state index in [2.05, 4.69) is 29.2 Å². The summed E-state index contributed by atoms with van der Waals surface area (Å²) in [5, 5.41) is 7.57. The molecule has 19 heavy (non-hydrogen) atoms. The van der Waals surface area contributed by atoms with Crippen molar-refractivity contribution < 1.29 is 4.42 Å². The molecule has 0 aliphatic rings. The molecule has 0 aliphatic carbocycles. The number of rotatable bonds is 4. The lowest BCUT2D eigenvalue weighted by Crippen LogP contribution is -2.21. The lowest BCUT2D eigenvalue weighted by molar-refractivity contribution is 0.459. The van der Waals surface area contributed by atoms with Gasteiger partial charge in [-0.25, -0.2) is 9.50 Å². The number of hydrogen-bond donors (Lipinski definition) is 1. The number of nitrogens with one attached hydrogen (secondary N) is 1. The molecule has 1 N–H and O–H groups in total. The topological polar surface area (TPSA) is 55.4 Å². The minimum atomic E-state index is 0.410. The predicted molar refractivity (Wildman–Crippen MR) is 72.7 cm³/mol. The molecule has 3 aromatic rings. The van der Waals surface area contributed by atoms with Crippen molar-refractivity contribution in [3.63, 3.8) is 0 Å². The lowest BCUT2D eigenvalue weighted by Gasteiger charge is -2.03. The van der Waals surface area contributed by atoms with Crippen LogP contribution in [-0.2, 0) is 6.54 Å². The Bertz CT molecular complexity index is 683. The largest absolute Gasteiger partial charge is 0.439 e. The smallest absolute Gasteiger partial charge is 0.208 e. The summed E-state index contributed by atoms with van der Waals surface area (Å²) in [6, 6.07) is 6.35. The van der Waals surface area contributed by atoms with E-state index in [-0.39, 0.29) is 0 Å². The first-order valence-electron chi connectivity index (χ1n) is 6.35. The van der Waals surface area contributed by atoms with Crippen LogP contribution in [0.2, 0.25) is 0 Å². The fourth-order valence-electron chi connectivity index (χ4n) is 1.93. The van der Waals surface area contributed by atoms with Crippen LogP contribution in [0.1, 0.15) is 19.7 Å². The average Bonchev–Trinajstić information content (AvgIpc) is 3.02. The quantitative estimate of drug-likeness (QED) is 0.779. The molecule has 98 valence electrons. The summed E-state index contributed by atoms with van der Waals surface area (Å²) in [4.78, 5) is 4.28. The van der Waals surface area contributed by atoms with Crippen molar-refractivity contribution in [1.82, 2.24) is 19.9 Å². The van der Waals surface area contributed by atoms with E-state index in [0.29, 0.717) is 18.5 Å². The second-order valence-electron chi connectivity index (χ2n) is 4.74. The molecule has 0 aromatic carbocycles. The van der Waals surface area contributed by atoms with Gasteiger partial charge in [0.1, 0.15) is 0 Å². The standard InChI is InChI=1S/C14H16N4O/c1-10(2)15-9-14-16-8-13(19-14)11-7-17-18-6-4-3-5-12(11)18/h3-8,10,15H,9H2,1-2H3. The number of hydrogen-bond acceptors (Lipinski definition) is 4. The Labute approximate surface area is 111 Å². The molecule has 0 spiro atoms. The van der Waals surface area contributed by atoms with E-state index in [1.807, 2.05) is 28.9 Å². The second-order valence-corrected chi connectivity index (χ2v) is 4.74. The molecule has 0 saturated heterocycles. The van der Waals surface area contributed by atoms with Crippen LogP contribution in [0.4, 0.5) is 0 Å². The van der Waals surface area contributed by atoms with Crippen molar-refractivity contribution >= 4 is 5.52 Å². The molecule has 3 heterocycles. The average molecular weight is 256 g/mol. The Morgan fingerprint density at radius 2 is 2.21 bits per heavy atom. The Kier molecular flexibility index (Phi) is 3.05. The van der Waals surface area contributed by atoms with Gasteiger partial charge in [0.15, 0.2) is 5.76 Å². The van der Waals surface area contributed by atoms with Crippen LogP contribution in [0.15, 0.2) is 41.2 Å². The van der Waals surface area contributed by atoms with Crippen LogP contribution >= 0.6 is 0 Å². The monoisotopic (exact) mass is 256 g/mol. The van der Waals surface area contributed by atoms with Crippen LogP contribution in [0.3, 0.4) is 0 Å². The maximum atomic E-state index is 5.76. The van der Waals surface area contributed by atoms with Crippen molar-refractivity contribution in [3.8, 4) is 11.3 Å². The van der Waals surface area contributed by atoms with E-state index in [0.717, 1.165) is 16.8 Å². The molecule has 0 aliphatic heterocycles. The number of oxazole rings is 1. The summed E-state index contributed by atoms with van der Waals surface area (Å²) in [6.45, 7) is 4.82. The maximum Gasteiger partial charge on any atom is 0.208 e. The highest BCUT2D eigenvalue weighted by atomic mass is 16.4. The van der Waals surface area contributed by atoms with E-state index in [4.69, 9.17) is 4.42 Å². The summed E-state index contributed by atoms with van der Waals surface area (Å²) in [7, 11) is 0. The van der Waals surface area contributed by atoms with Crippen LogP contribution in [0.5, 0.6) is 0 Å². The first-order valence-corrected chi connectivity index (χ1v) is 6.35. The molecule has 0 saturated carbocycles. The predicted octanol–water partition coefficient (Wildman–Crippen LogP) is 2.49. The van der Waals surface area contributed by atoms with Gasteiger partial charge in [-0.2, -0.15) is 5.10 Å². The van der Waals surface area contributed by atoms with Gasteiger partial charge >= 0.3 is 0 Å². The van der Waals surface area contributed by atoms with Crippen LogP contribution < -0.4 is 5.32 Å². The number of pyridine rings is 1. The Balaban J connectivity index is 1.90. The highest BCUT2D eigenvalue weighted by Crippen LogP contribution is 2.24. The molecule has 0 unspecified atom stereocenters. The van der Waals surface area contributed by atoms with E-state index >= 15 is 0 Å². The van der Waals surface area contributed by atoms with Crippen molar-refractivity contribution in [2.45, 2.75) is 26.4 Å². The third-order valence-electron chi connectivity index (χ3n) is 2.91. The molecule has 0 bridgehead atoms. The zero-order chi connectivity index (χ0) is 13.2. The summed E-state index contributed by atoms with van der Waals surface area (Å²) >= 11 is 0. The molecule has 5 heteroatoms. The summed E-state index contributed by atoms with van der Waals surface area (Å²) in [6.07, 6.45) is 5.47. The maximum absolute atomic E-state index is 5.76. The third kappa shape index (κ3) is 2.37. The Hall–Kier alpha value is -2.14. The minimum absolute atomic E-state index is 0.410. The lowest BCUT2D eigenvalue weighted by atomic mass is 10.2. The first-order chi connectivity index (χ1) is 9.24. The Morgan fingerprint density at radius 1 is 1.32 bits per heavy atom. The fraction of sp³-hybridized carbons (Fsp3) is 0.286. The summed E-state index contributed by atoms with van der Waals surface area (Å²) in [5.41, 5.74) is 1.98. The normalized spacial score (nSPS) is 11.5. The van der Waals surface area contributed by atoms with Gasteiger partial charge in [-0.15, -0.1) is 0 Å². The molecule has 0 fully saturated rings. The SMILES string of the molecule is CC(C)NCc1ncc(-c2cnn3ccccc23)o1. The number of fused-ring (bicyclic) bond motifs is 1. The fourth-order valence-corrected chi connectivity index (χ4v) is 1.93. The van der Waals surface area contributed by atoms with E-state index in [1.165, 1.54) is 0 Å². The van der Waals surface area contributed by atoms with E-state index in [1.54, 1.807) is 12.4 Å². The first kappa shape index (κ1) is 11.9. The van der Waals surface area contributed by atoms with E-state index in [9.17, 15) is 0 Å². The highest BCUT2D eigenvalue weighted by molar-refractivity contribution is 5.76. The van der Waals surface area contributed by atoms with Gasteiger partial charge in [0, 0.05) is 12.2 Å². The zero-order valence-corrected chi connectivity index (χ0v) is 11.0. The molecule has 0 atom stereocenters. The van der Waals surface area contributed by atoms with Crippen molar-refractivity contribution in [1.29, 1.82) is 0 Å². The Morgan fingerprint density at radius 3 is 3.05 bits per heavy atom. The minimum Gasteiger partial charge on any atom is -0.439 e. The molecule has 0 radical (unpaired) electrons. The van der Waals surface area contributed by atoms with Gasteiger partial charge in [0.05, 0.1) is 30.0 Å². The number of aromatic nitrogens is 3. The van der Waals surface area contributed by atoms with Gasteiger partial charge in [-0.05, 0) is 12.1 Å². The van der Waals surface area contributed by atoms with Gasteiger partial charge < -0.3 is 9.73 Å². The van der Waals surface area contributed by atoms with Crippen molar-refractivity contribution in [3.05, 3.63) is 42.7 Å². The van der Waals surface area contributed by atoms with Crippen LogP contribution in [0.25, 0.3) is 16.8 Å². The van der Waals surface area contributed by atoms with Crippen LogP contribution in [0, 0.1) is 0 Å². The molecule has 5 nitrogen and oxygen atoms in total. The molecular weight excluding hydrogens is 240 g/mol. The summed E-state index contributed by atoms with van der Waals surface area (Å²) < 4.78 is 7.58. The summed E-state index contributed by atoms with van der Waals surface area (Å²) in [5.74, 6) is 1.45. The van der Waals surface area contributed by atoms with E-state index < -0.39 is 0 Å².